The van der Waals surface area contributed by atoms with E-state index in [2.05, 4.69) is 5.32 Å². The number of halogens is 4. The zero-order valence-electron chi connectivity index (χ0n) is 11.4. The van der Waals surface area contributed by atoms with Gasteiger partial charge in [0.15, 0.2) is 0 Å². The summed E-state index contributed by atoms with van der Waals surface area (Å²) < 4.78 is 38.2. The number of amides is 1. The summed E-state index contributed by atoms with van der Waals surface area (Å²) in [6, 6.07) is 0. The smallest absolute Gasteiger partial charge is 0.355 e. The van der Waals surface area contributed by atoms with Gasteiger partial charge in [0.05, 0.1) is 5.92 Å². The van der Waals surface area contributed by atoms with Gasteiger partial charge in [-0.25, -0.2) is 0 Å². The Hall–Kier alpha value is -0.450. The van der Waals surface area contributed by atoms with Crippen molar-refractivity contribution in [3.63, 3.8) is 0 Å². The van der Waals surface area contributed by atoms with Crippen molar-refractivity contribution in [3.05, 3.63) is 0 Å². The second-order valence-electron chi connectivity index (χ2n) is 6.26. The molecule has 2 nitrogen and oxygen atoms in total. The Morgan fingerprint density at radius 1 is 1.30 bits per heavy atom. The molecule has 1 amide bonds. The van der Waals surface area contributed by atoms with Crippen molar-refractivity contribution >= 4 is 17.5 Å². The molecule has 20 heavy (non-hydrogen) atoms. The van der Waals surface area contributed by atoms with E-state index in [0.717, 1.165) is 19.3 Å². The number of hydrogen-bond acceptors (Lipinski definition) is 1. The summed E-state index contributed by atoms with van der Waals surface area (Å²) in [6.07, 6.45) is -0.0526. The van der Waals surface area contributed by atoms with Crippen LogP contribution in [-0.4, -0.2) is 24.5 Å². The second kappa shape index (κ2) is 6.12. The van der Waals surface area contributed by atoms with Crippen LogP contribution in [0.5, 0.6) is 0 Å². The molecule has 2 unspecified atom stereocenters. The van der Waals surface area contributed by atoms with Crippen LogP contribution >= 0.6 is 11.6 Å². The molecule has 116 valence electrons. The van der Waals surface area contributed by atoms with Gasteiger partial charge in [-0.15, -0.1) is 11.6 Å². The van der Waals surface area contributed by atoms with E-state index in [1.165, 1.54) is 0 Å². The van der Waals surface area contributed by atoms with E-state index in [-0.39, 0.29) is 24.2 Å². The minimum Gasteiger partial charge on any atom is -0.355 e. The van der Waals surface area contributed by atoms with E-state index in [9.17, 15) is 18.0 Å². The van der Waals surface area contributed by atoms with Gasteiger partial charge in [0.25, 0.3) is 0 Å². The molecule has 2 saturated carbocycles. The first-order chi connectivity index (χ1) is 9.36. The van der Waals surface area contributed by atoms with Crippen molar-refractivity contribution in [2.75, 3.05) is 12.4 Å². The average Bonchev–Trinajstić information content (AvgIpc) is 3.16. The molecule has 0 aromatic rings. The summed E-state index contributed by atoms with van der Waals surface area (Å²) >= 11 is 5.72. The van der Waals surface area contributed by atoms with Crippen molar-refractivity contribution in [1.82, 2.24) is 5.32 Å². The number of rotatable bonds is 5. The predicted molar refractivity (Wildman–Crippen MR) is 71.5 cm³/mol. The number of nitrogens with one attached hydrogen (secondary N) is 1. The topological polar surface area (TPSA) is 29.1 Å². The molecule has 0 bridgehead atoms. The van der Waals surface area contributed by atoms with Gasteiger partial charge in [-0.2, -0.15) is 13.2 Å². The fourth-order valence-electron chi connectivity index (χ4n) is 3.04. The summed E-state index contributed by atoms with van der Waals surface area (Å²) in [7, 11) is 0. The molecule has 0 radical (unpaired) electrons. The molecular formula is C14H21ClF3NO. The molecule has 0 saturated heterocycles. The van der Waals surface area contributed by atoms with E-state index < -0.39 is 18.0 Å². The minimum atomic E-state index is -4.17. The lowest BCUT2D eigenvalue weighted by molar-refractivity contribution is -0.186. The van der Waals surface area contributed by atoms with Crippen molar-refractivity contribution in [1.29, 1.82) is 0 Å². The van der Waals surface area contributed by atoms with Gasteiger partial charge < -0.3 is 5.32 Å². The molecule has 2 fully saturated rings. The Balaban J connectivity index is 1.80. The summed E-state index contributed by atoms with van der Waals surface area (Å²) in [4.78, 5) is 12.0. The lowest BCUT2D eigenvalue weighted by atomic mass is 9.80. The lowest BCUT2D eigenvalue weighted by Crippen LogP contribution is -2.39. The highest BCUT2D eigenvalue weighted by Gasteiger charge is 2.45. The first-order valence-corrected chi connectivity index (χ1v) is 7.80. The number of carbonyl (C=O) groups excluding carboxylic acids is 1. The molecule has 0 heterocycles. The highest BCUT2D eigenvalue weighted by atomic mass is 35.5. The van der Waals surface area contributed by atoms with Crippen LogP contribution in [-0.2, 0) is 4.79 Å². The first kappa shape index (κ1) is 15.9. The molecule has 6 heteroatoms. The maximum Gasteiger partial charge on any atom is 0.391 e. The Bertz CT molecular complexity index is 355. The van der Waals surface area contributed by atoms with Gasteiger partial charge in [0.2, 0.25) is 5.91 Å². The lowest BCUT2D eigenvalue weighted by Gasteiger charge is -2.30. The molecule has 0 spiro atoms. The van der Waals surface area contributed by atoms with Gasteiger partial charge in [0, 0.05) is 18.3 Å². The van der Waals surface area contributed by atoms with Gasteiger partial charge in [-0.1, -0.05) is 6.42 Å². The third kappa shape index (κ3) is 4.03. The van der Waals surface area contributed by atoms with E-state index in [1.807, 2.05) is 0 Å². The SMILES string of the molecule is O=C(NCC1(CCCl)CC1)C1CCCC(C(F)(F)F)C1. The van der Waals surface area contributed by atoms with Crippen molar-refractivity contribution in [2.45, 2.75) is 51.1 Å². The Kier molecular flexibility index (Phi) is 4.88. The van der Waals surface area contributed by atoms with Crippen LogP contribution in [0.3, 0.4) is 0 Å². The molecule has 0 aromatic carbocycles. The number of alkyl halides is 4. The Morgan fingerprint density at radius 2 is 2.00 bits per heavy atom. The average molecular weight is 312 g/mol. The van der Waals surface area contributed by atoms with Gasteiger partial charge in [-0.3, -0.25) is 4.79 Å². The maximum atomic E-state index is 12.7. The fraction of sp³-hybridized carbons (Fsp3) is 0.929. The molecule has 0 aliphatic heterocycles. The fourth-order valence-corrected chi connectivity index (χ4v) is 3.44. The van der Waals surface area contributed by atoms with Gasteiger partial charge in [-0.05, 0) is 43.9 Å². The summed E-state index contributed by atoms with van der Waals surface area (Å²) in [6.45, 7) is 0.561. The molecule has 2 rings (SSSR count). The molecular weight excluding hydrogens is 291 g/mol. The Morgan fingerprint density at radius 3 is 2.55 bits per heavy atom. The van der Waals surface area contributed by atoms with Crippen LogP contribution < -0.4 is 5.32 Å². The normalized spacial score (nSPS) is 29.0. The highest BCUT2D eigenvalue weighted by molar-refractivity contribution is 6.17. The molecule has 0 aromatic heterocycles. The summed E-state index contributed by atoms with van der Waals surface area (Å²) in [5.74, 6) is -1.44. The van der Waals surface area contributed by atoms with Crippen LogP contribution in [0.25, 0.3) is 0 Å². The molecule has 1 N–H and O–H groups in total. The number of hydrogen-bond donors (Lipinski definition) is 1. The highest BCUT2D eigenvalue weighted by Crippen LogP contribution is 2.48. The quantitative estimate of drug-likeness (QED) is 0.767. The first-order valence-electron chi connectivity index (χ1n) is 7.27. The van der Waals surface area contributed by atoms with Crippen molar-refractivity contribution < 1.29 is 18.0 Å². The second-order valence-corrected chi connectivity index (χ2v) is 6.64. The molecule has 2 atom stereocenters. The van der Waals surface area contributed by atoms with E-state index in [4.69, 9.17) is 11.6 Å². The van der Waals surface area contributed by atoms with E-state index in [1.54, 1.807) is 0 Å². The Labute approximate surface area is 122 Å². The van der Waals surface area contributed by atoms with Gasteiger partial charge in [0.1, 0.15) is 0 Å². The zero-order valence-corrected chi connectivity index (χ0v) is 12.2. The van der Waals surface area contributed by atoms with Crippen LogP contribution in [0.4, 0.5) is 13.2 Å². The molecule has 2 aliphatic carbocycles. The van der Waals surface area contributed by atoms with Gasteiger partial charge >= 0.3 is 6.18 Å². The summed E-state index contributed by atoms with van der Waals surface area (Å²) in [5, 5.41) is 2.85. The van der Waals surface area contributed by atoms with Crippen LogP contribution in [0, 0.1) is 17.3 Å². The van der Waals surface area contributed by atoms with Crippen molar-refractivity contribution in [3.8, 4) is 0 Å². The summed E-state index contributed by atoms with van der Waals surface area (Å²) in [5.41, 5.74) is 0.121. The monoisotopic (exact) mass is 311 g/mol. The maximum absolute atomic E-state index is 12.7. The zero-order chi connectivity index (χ0) is 14.8. The van der Waals surface area contributed by atoms with E-state index >= 15 is 0 Å². The van der Waals surface area contributed by atoms with Crippen LogP contribution in [0.1, 0.15) is 44.9 Å². The van der Waals surface area contributed by atoms with Crippen LogP contribution in [0.15, 0.2) is 0 Å². The third-order valence-corrected chi connectivity index (χ3v) is 4.92. The largest absolute Gasteiger partial charge is 0.391 e. The standard InChI is InChI=1S/C14H21ClF3NO/c15-7-6-13(4-5-13)9-19-12(20)10-2-1-3-11(8-10)14(16,17)18/h10-11H,1-9H2,(H,19,20). The third-order valence-electron chi connectivity index (χ3n) is 4.73. The van der Waals surface area contributed by atoms with E-state index in [0.29, 0.717) is 25.3 Å². The van der Waals surface area contributed by atoms with Crippen LogP contribution in [0.2, 0.25) is 0 Å². The predicted octanol–water partition coefficient (Wildman–Crippen LogP) is 3.88. The van der Waals surface area contributed by atoms with Crippen molar-refractivity contribution in [2.24, 2.45) is 17.3 Å². The molecule has 2 aliphatic rings. The minimum absolute atomic E-state index is 0.0577. The number of carbonyl (C=O) groups is 1.